The second kappa shape index (κ2) is 5.47. The number of hydrogen-bond donors (Lipinski definition) is 2. The van der Waals surface area contributed by atoms with Gasteiger partial charge in [0.2, 0.25) is 5.88 Å². The van der Waals surface area contributed by atoms with Crippen LogP contribution in [0.5, 0.6) is 5.88 Å². The van der Waals surface area contributed by atoms with Gasteiger partial charge in [0.05, 0.1) is 0 Å². The van der Waals surface area contributed by atoms with Crippen LogP contribution in [0.2, 0.25) is 0 Å². The molecule has 0 saturated heterocycles. The normalized spacial score (nSPS) is 18.0. The molecule has 6 nitrogen and oxygen atoms in total. The summed E-state index contributed by atoms with van der Waals surface area (Å²) in [4.78, 5) is 8.10. The highest BCUT2D eigenvalue weighted by atomic mass is 16.5. The van der Waals surface area contributed by atoms with Crippen LogP contribution < -0.4 is 10.5 Å². The van der Waals surface area contributed by atoms with Crippen LogP contribution in [0.25, 0.3) is 0 Å². The van der Waals surface area contributed by atoms with Crippen molar-refractivity contribution in [3.05, 3.63) is 18.1 Å². The zero-order valence-corrected chi connectivity index (χ0v) is 9.54. The summed E-state index contributed by atoms with van der Waals surface area (Å²) < 4.78 is 5.76. The molecule has 0 amide bonds. The first kappa shape index (κ1) is 11.6. The summed E-state index contributed by atoms with van der Waals surface area (Å²) in [5, 5.41) is 11.6. The van der Waals surface area contributed by atoms with Crippen molar-refractivity contribution in [1.29, 1.82) is 0 Å². The fraction of sp³-hybridized carbons (Fsp3) is 0.545. The molecule has 1 aromatic heterocycles. The zero-order chi connectivity index (χ0) is 12.1. The van der Waals surface area contributed by atoms with E-state index in [1.807, 2.05) is 0 Å². The lowest BCUT2D eigenvalue weighted by Gasteiger charge is -2.22. The Balaban J connectivity index is 2.14. The molecule has 0 aliphatic heterocycles. The number of rotatable bonds is 3. The molecule has 1 fully saturated rings. The minimum absolute atomic E-state index is 0.0797. The number of hydrogen-bond acceptors (Lipinski definition) is 5. The highest BCUT2D eigenvalue weighted by molar-refractivity contribution is 5.97. The second-order valence-electron chi connectivity index (χ2n) is 4.07. The molecule has 6 heteroatoms. The molecule has 1 saturated carbocycles. The van der Waals surface area contributed by atoms with E-state index in [0.717, 1.165) is 12.8 Å². The van der Waals surface area contributed by atoms with Crippen molar-refractivity contribution in [2.24, 2.45) is 10.9 Å². The van der Waals surface area contributed by atoms with E-state index < -0.39 is 0 Å². The van der Waals surface area contributed by atoms with E-state index in [4.69, 9.17) is 15.7 Å². The fourth-order valence-electron chi connectivity index (χ4n) is 1.98. The van der Waals surface area contributed by atoms with E-state index in [9.17, 15) is 0 Å². The molecule has 0 aromatic carbocycles. The van der Waals surface area contributed by atoms with Gasteiger partial charge in [0.1, 0.15) is 6.10 Å². The molecule has 0 spiro atoms. The van der Waals surface area contributed by atoms with E-state index in [2.05, 4.69) is 15.1 Å². The van der Waals surface area contributed by atoms with Crippen LogP contribution in [0.3, 0.4) is 0 Å². The molecule has 0 radical (unpaired) electrons. The Morgan fingerprint density at radius 2 is 2.00 bits per heavy atom. The summed E-state index contributed by atoms with van der Waals surface area (Å²) in [6.45, 7) is 0. The van der Waals surface area contributed by atoms with E-state index in [1.54, 1.807) is 0 Å². The third-order valence-corrected chi connectivity index (χ3v) is 2.85. The summed E-state index contributed by atoms with van der Waals surface area (Å²) in [6.07, 6.45) is 8.82. The van der Waals surface area contributed by atoms with Crippen molar-refractivity contribution < 1.29 is 9.94 Å². The van der Waals surface area contributed by atoms with Crippen molar-refractivity contribution in [3.8, 4) is 5.88 Å². The number of ether oxygens (including phenoxy) is 1. The summed E-state index contributed by atoms with van der Waals surface area (Å²) in [5.74, 6) is 0.263. The van der Waals surface area contributed by atoms with Crippen LogP contribution in [0.4, 0.5) is 0 Å². The molecule has 1 aliphatic carbocycles. The second-order valence-corrected chi connectivity index (χ2v) is 4.07. The topological polar surface area (TPSA) is 93.6 Å². The average molecular weight is 236 g/mol. The van der Waals surface area contributed by atoms with Crippen LogP contribution in [-0.4, -0.2) is 27.1 Å². The summed E-state index contributed by atoms with van der Waals surface area (Å²) in [7, 11) is 0. The molecule has 1 aromatic rings. The molecule has 2 rings (SSSR count). The Bertz CT molecular complexity index is 402. The van der Waals surface area contributed by atoms with Crippen LogP contribution in [0, 0.1) is 0 Å². The lowest BCUT2D eigenvalue weighted by atomic mass is 9.98. The van der Waals surface area contributed by atoms with Crippen molar-refractivity contribution in [3.63, 3.8) is 0 Å². The van der Waals surface area contributed by atoms with Gasteiger partial charge in [-0.15, -0.1) is 0 Å². The summed E-state index contributed by atoms with van der Waals surface area (Å²) in [6, 6.07) is 0. The Morgan fingerprint density at radius 3 is 2.71 bits per heavy atom. The molecular weight excluding hydrogens is 220 g/mol. The molecule has 0 atom stereocenters. The van der Waals surface area contributed by atoms with Crippen molar-refractivity contribution in [1.82, 2.24) is 9.97 Å². The van der Waals surface area contributed by atoms with E-state index in [1.165, 1.54) is 31.7 Å². The van der Waals surface area contributed by atoms with Gasteiger partial charge in [-0.2, -0.15) is 0 Å². The van der Waals surface area contributed by atoms with Gasteiger partial charge in [-0.1, -0.05) is 11.6 Å². The number of amidine groups is 1. The third-order valence-electron chi connectivity index (χ3n) is 2.85. The predicted octanol–water partition coefficient (Wildman–Crippen LogP) is 1.28. The highest BCUT2D eigenvalue weighted by Gasteiger charge is 2.19. The van der Waals surface area contributed by atoms with Gasteiger partial charge in [-0.3, -0.25) is 0 Å². The number of aromatic nitrogens is 2. The van der Waals surface area contributed by atoms with Crippen molar-refractivity contribution >= 4 is 5.84 Å². The van der Waals surface area contributed by atoms with Gasteiger partial charge < -0.3 is 15.7 Å². The van der Waals surface area contributed by atoms with Crippen LogP contribution >= 0.6 is 0 Å². The molecule has 17 heavy (non-hydrogen) atoms. The minimum Gasteiger partial charge on any atom is -0.473 e. The largest absolute Gasteiger partial charge is 0.473 e. The first-order valence-corrected chi connectivity index (χ1v) is 5.77. The minimum atomic E-state index is -0.0797. The Hall–Kier alpha value is -1.85. The van der Waals surface area contributed by atoms with Gasteiger partial charge in [-0.25, -0.2) is 9.97 Å². The number of oxime groups is 1. The van der Waals surface area contributed by atoms with Crippen molar-refractivity contribution in [2.45, 2.75) is 38.2 Å². The Kier molecular flexibility index (Phi) is 3.74. The van der Waals surface area contributed by atoms with E-state index >= 15 is 0 Å². The molecule has 1 aliphatic rings. The predicted molar refractivity (Wildman–Crippen MR) is 62.0 cm³/mol. The maximum absolute atomic E-state index is 8.66. The Labute approximate surface area is 99.5 Å². The molecule has 3 N–H and O–H groups in total. The maximum Gasteiger partial charge on any atom is 0.244 e. The van der Waals surface area contributed by atoms with E-state index in [-0.39, 0.29) is 11.9 Å². The van der Waals surface area contributed by atoms with Crippen LogP contribution in [0.1, 0.15) is 37.8 Å². The van der Waals surface area contributed by atoms with Gasteiger partial charge in [0.15, 0.2) is 11.5 Å². The fourth-order valence-corrected chi connectivity index (χ4v) is 1.98. The number of nitrogens with two attached hydrogens (primary N) is 1. The van der Waals surface area contributed by atoms with E-state index in [0.29, 0.717) is 11.6 Å². The SMILES string of the molecule is NC(=NO)c1nccnc1OC1CCCCC1. The third kappa shape index (κ3) is 2.83. The smallest absolute Gasteiger partial charge is 0.244 e. The summed E-state index contributed by atoms with van der Waals surface area (Å²) >= 11 is 0. The molecular formula is C11H16N4O2. The van der Waals surface area contributed by atoms with Gasteiger partial charge in [0.25, 0.3) is 0 Å². The van der Waals surface area contributed by atoms with Gasteiger partial charge in [0, 0.05) is 12.4 Å². The van der Waals surface area contributed by atoms with Crippen LogP contribution in [0.15, 0.2) is 17.5 Å². The standard InChI is InChI=1S/C11H16N4O2/c12-10(15-16)9-11(14-7-6-13-9)17-8-4-2-1-3-5-8/h6-8,16H,1-5H2,(H2,12,15). The van der Waals surface area contributed by atoms with Crippen molar-refractivity contribution in [2.75, 3.05) is 0 Å². The monoisotopic (exact) mass is 236 g/mol. The summed E-state index contributed by atoms with van der Waals surface area (Å²) in [5.41, 5.74) is 5.81. The maximum atomic E-state index is 8.66. The number of nitrogens with zero attached hydrogens (tertiary/aromatic N) is 3. The lowest BCUT2D eigenvalue weighted by Crippen LogP contribution is -2.24. The highest BCUT2D eigenvalue weighted by Crippen LogP contribution is 2.23. The lowest BCUT2D eigenvalue weighted by molar-refractivity contribution is 0.147. The molecule has 92 valence electrons. The average Bonchev–Trinajstić information content (AvgIpc) is 2.40. The Morgan fingerprint density at radius 1 is 1.29 bits per heavy atom. The first-order valence-electron chi connectivity index (χ1n) is 5.77. The molecule has 0 bridgehead atoms. The molecule has 1 heterocycles. The first-order chi connectivity index (χ1) is 8.31. The van der Waals surface area contributed by atoms with Crippen LogP contribution in [-0.2, 0) is 0 Å². The quantitative estimate of drug-likeness (QED) is 0.357. The van der Waals surface area contributed by atoms with Gasteiger partial charge in [-0.05, 0) is 25.7 Å². The zero-order valence-electron chi connectivity index (χ0n) is 9.54. The van der Waals surface area contributed by atoms with Gasteiger partial charge >= 0.3 is 0 Å². The molecule has 0 unspecified atom stereocenters.